The van der Waals surface area contributed by atoms with Crippen molar-refractivity contribution < 1.29 is 138 Å². The molecular weight excluding hydrogens is 1290 g/mol. The lowest BCUT2D eigenvalue weighted by Crippen LogP contribution is -2.29. The molecule has 568 valence electrons. The number of rotatable bonds is 80. The number of ether oxygens (including phenoxy) is 26. The van der Waals surface area contributed by atoms with E-state index in [0.717, 1.165) is 0 Å². The third-order valence-corrected chi connectivity index (χ3v) is 13.2. The average molecular weight is 1410 g/mol. The normalized spacial score (nSPS) is 12.1. The highest BCUT2D eigenvalue weighted by Crippen LogP contribution is 2.44. The minimum Gasteiger partial charge on any atom is -0.481 e. The van der Waals surface area contributed by atoms with E-state index in [9.17, 15) is 9.59 Å². The molecule has 0 unspecified atom stereocenters. The van der Waals surface area contributed by atoms with Crippen LogP contribution in [0.1, 0.15) is 23.5 Å². The standard InChI is InChI=1S/C68H117NO29/c70-67(71)9-11-73-13-15-75-17-19-77-21-23-79-25-27-81-29-31-83-33-35-85-37-39-87-41-43-89-45-47-91-49-51-93-53-55-95-57-59-97-60-58-96-56-54-94-52-50-92-48-46-90-44-42-88-40-38-86-36-34-84-32-30-82-28-26-80-24-22-78-20-18-76-16-14-74-12-10-69-68(72)98-61-66-64-7-3-1-5-62(64)63-6-2-4-8-65(63)66/h1-8,66H,9-61H2,(H,69,72)(H,70,71). The van der Waals surface area contributed by atoms with Gasteiger partial charge in [0.15, 0.2) is 0 Å². The molecule has 1 amide bonds. The van der Waals surface area contributed by atoms with Crippen molar-refractivity contribution >= 4 is 12.1 Å². The zero-order valence-electron chi connectivity index (χ0n) is 58.1. The van der Waals surface area contributed by atoms with Crippen LogP contribution in [0.15, 0.2) is 48.5 Å². The number of fused-ring (bicyclic) bond motifs is 3. The second kappa shape index (κ2) is 71.6. The summed E-state index contributed by atoms with van der Waals surface area (Å²) in [7, 11) is 0. The summed E-state index contributed by atoms with van der Waals surface area (Å²) in [5.74, 6) is -0.856. The Morgan fingerprint density at radius 2 is 0.429 bits per heavy atom. The second-order valence-corrected chi connectivity index (χ2v) is 20.7. The monoisotopic (exact) mass is 1410 g/mol. The summed E-state index contributed by atoms with van der Waals surface area (Å²) in [6, 6.07) is 16.5. The van der Waals surface area contributed by atoms with E-state index in [1.165, 1.54) is 22.3 Å². The molecule has 0 fully saturated rings. The lowest BCUT2D eigenvalue weighted by molar-refractivity contribution is -0.138. The van der Waals surface area contributed by atoms with Crippen molar-refractivity contribution in [1.29, 1.82) is 0 Å². The maximum absolute atomic E-state index is 12.3. The van der Waals surface area contributed by atoms with Crippen molar-refractivity contribution in [3.8, 4) is 11.1 Å². The Morgan fingerprint density at radius 1 is 0.255 bits per heavy atom. The highest BCUT2D eigenvalue weighted by Gasteiger charge is 2.29. The maximum atomic E-state index is 12.3. The zero-order valence-corrected chi connectivity index (χ0v) is 58.1. The van der Waals surface area contributed by atoms with Crippen LogP contribution in [0.25, 0.3) is 11.1 Å². The highest BCUT2D eigenvalue weighted by molar-refractivity contribution is 5.79. The van der Waals surface area contributed by atoms with Gasteiger partial charge in [0, 0.05) is 12.5 Å². The van der Waals surface area contributed by atoms with E-state index < -0.39 is 12.1 Å². The minimum atomic E-state index is -0.881. The number of alkyl carbamates (subject to hydrolysis) is 1. The summed E-state index contributed by atoms with van der Waals surface area (Å²) >= 11 is 0. The number of carbonyl (C=O) groups excluding carboxylic acids is 1. The molecular formula is C68H117NO29. The molecule has 2 aromatic rings. The first kappa shape index (κ1) is 88.4. The molecule has 0 atom stereocenters. The van der Waals surface area contributed by atoms with Gasteiger partial charge in [0.25, 0.3) is 0 Å². The molecule has 0 bridgehead atoms. The predicted octanol–water partition coefficient (Wildman–Crippen LogP) is 3.41. The number of hydrogen-bond donors (Lipinski definition) is 2. The molecule has 3 rings (SSSR count). The fourth-order valence-corrected chi connectivity index (χ4v) is 8.41. The van der Waals surface area contributed by atoms with Gasteiger partial charge < -0.3 is 134 Å². The van der Waals surface area contributed by atoms with Crippen molar-refractivity contribution in [2.24, 2.45) is 0 Å². The van der Waals surface area contributed by atoms with Gasteiger partial charge in [0.1, 0.15) is 6.61 Å². The minimum absolute atomic E-state index is 0.0116. The van der Waals surface area contributed by atoms with Crippen LogP contribution in [0.2, 0.25) is 0 Å². The summed E-state index contributed by atoms with van der Waals surface area (Å²) in [6.07, 6.45) is -0.472. The number of nitrogens with one attached hydrogen (secondary N) is 1. The molecule has 2 N–H and O–H groups in total. The molecule has 0 spiro atoms. The third-order valence-electron chi connectivity index (χ3n) is 13.2. The van der Waals surface area contributed by atoms with Crippen LogP contribution < -0.4 is 5.32 Å². The molecule has 1 aliphatic rings. The van der Waals surface area contributed by atoms with Crippen LogP contribution in [0.4, 0.5) is 4.79 Å². The Bertz CT molecular complexity index is 1980. The van der Waals surface area contributed by atoms with Gasteiger partial charge in [-0.3, -0.25) is 4.79 Å². The van der Waals surface area contributed by atoms with Crippen molar-refractivity contribution in [2.75, 3.05) is 343 Å². The van der Waals surface area contributed by atoms with E-state index in [1.54, 1.807) is 0 Å². The first-order valence-corrected chi connectivity index (χ1v) is 34.4. The molecule has 98 heavy (non-hydrogen) atoms. The molecule has 0 saturated heterocycles. The molecule has 1 aliphatic carbocycles. The van der Waals surface area contributed by atoms with Crippen LogP contribution in [-0.4, -0.2) is 361 Å². The fourth-order valence-electron chi connectivity index (χ4n) is 8.41. The topological polar surface area (TPSA) is 306 Å². The van der Waals surface area contributed by atoms with Gasteiger partial charge in [-0.25, -0.2) is 4.79 Å². The predicted molar refractivity (Wildman–Crippen MR) is 356 cm³/mol. The molecule has 30 nitrogen and oxygen atoms in total. The van der Waals surface area contributed by atoms with Gasteiger partial charge in [0.05, 0.1) is 337 Å². The van der Waals surface area contributed by atoms with Crippen molar-refractivity contribution in [3.63, 3.8) is 0 Å². The van der Waals surface area contributed by atoms with Gasteiger partial charge in [-0.2, -0.15) is 0 Å². The SMILES string of the molecule is O=C(O)CCOCCOCCOCCOCCOCCOCCOCCOCCOCCOCCOCCOCCOCCOCCOCCOCCOCCOCCOCCOCCOCCOCCOCCOCCOCCNC(=O)OCC1c2ccccc2-c2ccccc21. The third kappa shape index (κ3) is 56.8. The van der Waals surface area contributed by atoms with Crippen molar-refractivity contribution in [3.05, 3.63) is 59.7 Å². The Hall–Kier alpha value is -3.82. The summed E-state index contributed by atoms with van der Waals surface area (Å²) < 4.78 is 143. The Labute approximate surface area is 580 Å². The van der Waals surface area contributed by atoms with E-state index >= 15 is 0 Å². The van der Waals surface area contributed by atoms with Crippen molar-refractivity contribution in [1.82, 2.24) is 5.32 Å². The van der Waals surface area contributed by atoms with Gasteiger partial charge in [-0.15, -0.1) is 0 Å². The summed E-state index contributed by atoms with van der Waals surface area (Å²) in [5.41, 5.74) is 4.75. The van der Waals surface area contributed by atoms with E-state index in [0.29, 0.717) is 330 Å². The van der Waals surface area contributed by atoms with Gasteiger partial charge in [-0.05, 0) is 22.3 Å². The maximum Gasteiger partial charge on any atom is 0.407 e. The number of carboxylic acids is 1. The molecule has 0 heterocycles. The molecule has 30 heteroatoms. The molecule has 0 saturated carbocycles. The first-order chi connectivity index (χ1) is 48.7. The highest BCUT2D eigenvalue weighted by atomic mass is 16.6. The lowest BCUT2D eigenvalue weighted by Gasteiger charge is -2.14. The Morgan fingerprint density at radius 3 is 0.622 bits per heavy atom. The number of amides is 1. The molecule has 0 aliphatic heterocycles. The van der Waals surface area contributed by atoms with E-state index in [2.05, 4.69) is 29.6 Å². The van der Waals surface area contributed by atoms with Gasteiger partial charge in [0.2, 0.25) is 0 Å². The van der Waals surface area contributed by atoms with Crippen molar-refractivity contribution in [2.45, 2.75) is 12.3 Å². The van der Waals surface area contributed by atoms with Gasteiger partial charge >= 0.3 is 12.1 Å². The fraction of sp³-hybridized carbons (Fsp3) is 0.794. The van der Waals surface area contributed by atoms with Crippen LogP contribution in [0.5, 0.6) is 0 Å². The van der Waals surface area contributed by atoms with E-state index in [1.807, 2.05) is 24.3 Å². The number of aliphatic carboxylic acids is 1. The van der Waals surface area contributed by atoms with Crippen LogP contribution in [0, 0.1) is 0 Å². The smallest absolute Gasteiger partial charge is 0.407 e. The summed E-state index contributed by atoms with van der Waals surface area (Å²) in [6.45, 7) is 23.5. The molecule has 2 aromatic carbocycles. The van der Waals surface area contributed by atoms with Crippen LogP contribution >= 0.6 is 0 Å². The Kier molecular flexibility index (Phi) is 64.6. The average Bonchev–Trinajstić information content (AvgIpc) is 1.62. The number of carboxylic acid groups (broad SMARTS) is 1. The first-order valence-electron chi connectivity index (χ1n) is 34.4. The van der Waals surface area contributed by atoms with Crippen LogP contribution in [-0.2, 0) is 128 Å². The zero-order chi connectivity index (χ0) is 69.3. The lowest BCUT2D eigenvalue weighted by atomic mass is 9.98. The largest absolute Gasteiger partial charge is 0.481 e. The number of hydrogen-bond acceptors (Lipinski definition) is 28. The van der Waals surface area contributed by atoms with E-state index in [4.69, 9.17) is 128 Å². The summed E-state index contributed by atoms with van der Waals surface area (Å²) in [4.78, 5) is 22.7. The Balaban J connectivity index is 0.844. The number of benzene rings is 2. The quantitative estimate of drug-likeness (QED) is 0.0897. The number of carbonyl (C=O) groups is 2. The second-order valence-electron chi connectivity index (χ2n) is 20.7. The van der Waals surface area contributed by atoms with E-state index in [-0.39, 0.29) is 25.6 Å². The molecule has 0 aromatic heterocycles. The molecule has 0 radical (unpaired) electrons. The van der Waals surface area contributed by atoms with Crippen LogP contribution in [0.3, 0.4) is 0 Å². The van der Waals surface area contributed by atoms with Gasteiger partial charge in [-0.1, -0.05) is 48.5 Å². The summed E-state index contributed by atoms with van der Waals surface area (Å²) in [5, 5.41) is 11.3.